The zero-order valence-electron chi connectivity index (χ0n) is 14.6. The molecule has 0 saturated heterocycles. The summed E-state index contributed by atoms with van der Waals surface area (Å²) < 4.78 is 38.2. The van der Waals surface area contributed by atoms with Gasteiger partial charge in [-0.15, -0.1) is 11.6 Å². The van der Waals surface area contributed by atoms with Gasteiger partial charge in [0.05, 0.1) is 15.1 Å². The molecule has 1 rings (SSSR count). The smallest absolute Gasteiger partial charge is 0.166 e. The number of benzene rings is 1. The van der Waals surface area contributed by atoms with E-state index in [1.165, 1.54) is 31.4 Å². The Balaban J connectivity index is 2.27. The molecule has 0 fully saturated rings. The van der Waals surface area contributed by atoms with Crippen LogP contribution in [0.15, 0.2) is 48.6 Å². The summed E-state index contributed by atoms with van der Waals surface area (Å²) in [5.74, 6) is 0.735. The first-order valence-electron chi connectivity index (χ1n) is 8.63. The van der Waals surface area contributed by atoms with Crippen molar-refractivity contribution in [3.05, 3.63) is 54.1 Å². The molecule has 0 aromatic heterocycles. The van der Waals surface area contributed by atoms with Gasteiger partial charge in [-0.05, 0) is 31.7 Å². The van der Waals surface area contributed by atoms with Gasteiger partial charge in [-0.2, -0.15) is 13.2 Å². The third kappa shape index (κ3) is 9.90. The van der Waals surface area contributed by atoms with Gasteiger partial charge in [0.2, 0.25) is 0 Å². The first kappa shape index (κ1) is 22.0. The van der Waals surface area contributed by atoms with Crippen LogP contribution < -0.4 is 5.19 Å². The fourth-order valence-electron chi connectivity index (χ4n) is 2.54. The van der Waals surface area contributed by atoms with E-state index in [2.05, 4.69) is 13.2 Å². The van der Waals surface area contributed by atoms with Crippen molar-refractivity contribution in [1.82, 2.24) is 0 Å². The van der Waals surface area contributed by atoms with Gasteiger partial charge in [-0.25, -0.2) is 0 Å². The second-order valence-corrected chi connectivity index (χ2v) is 7.98. The van der Waals surface area contributed by atoms with Gasteiger partial charge in [0, 0.05) is 5.88 Å². The lowest BCUT2D eigenvalue weighted by molar-refractivity contribution is -0.137. The standard InChI is InChI=1S/C20H26ClF3Si/c1-16(9-6-4-3-5-7-12-21)13-17(2)15-25-19-11-8-10-18(14-19)20(22,23)24/h8,10-11,14H,1-7,9,12-13,15H2. The van der Waals surface area contributed by atoms with Gasteiger partial charge in [0.15, 0.2) is 0 Å². The van der Waals surface area contributed by atoms with Gasteiger partial charge >= 0.3 is 6.18 Å². The topological polar surface area (TPSA) is 0 Å². The molecule has 0 amide bonds. The summed E-state index contributed by atoms with van der Waals surface area (Å²) in [4.78, 5) is 0. The zero-order valence-corrected chi connectivity index (χ0v) is 16.4. The van der Waals surface area contributed by atoms with E-state index < -0.39 is 11.7 Å². The minimum Gasteiger partial charge on any atom is -0.166 e. The second kappa shape index (κ2) is 11.6. The normalized spacial score (nSPS) is 11.5. The number of hydrogen-bond acceptors (Lipinski definition) is 0. The Morgan fingerprint density at radius 1 is 1.00 bits per heavy atom. The van der Waals surface area contributed by atoms with Crippen LogP contribution in [0.5, 0.6) is 0 Å². The van der Waals surface area contributed by atoms with E-state index >= 15 is 0 Å². The van der Waals surface area contributed by atoms with E-state index in [4.69, 9.17) is 11.6 Å². The fourth-order valence-corrected chi connectivity index (χ4v) is 3.78. The summed E-state index contributed by atoms with van der Waals surface area (Å²) >= 11 is 5.65. The van der Waals surface area contributed by atoms with Crippen molar-refractivity contribution in [2.45, 2.75) is 57.2 Å². The van der Waals surface area contributed by atoms with Gasteiger partial charge in [-0.3, -0.25) is 0 Å². The van der Waals surface area contributed by atoms with Gasteiger partial charge < -0.3 is 0 Å². The number of rotatable bonds is 12. The number of unbranched alkanes of at least 4 members (excludes halogenated alkanes) is 4. The molecule has 0 N–H and O–H groups in total. The largest absolute Gasteiger partial charge is 0.416 e. The van der Waals surface area contributed by atoms with E-state index in [0.717, 1.165) is 60.0 Å². The molecule has 0 atom stereocenters. The molecule has 0 saturated carbocycles. The maximum absolute atomic E-state index is 12.7. The molecule has 138 valence electrons. The van der Waals surface area contributed by atoms with Crippen LogP contribution in [0.1, 0.15) is 50.5 Å². The highest BCUT2D eigenvalue weighted by molar-refractivity contribution is 6.54. The predicted octanol–water partition coefficient (Wildman–Crippen LogP) is 6.54. The fraction of sp³-hybridized carbons (Fsp3) is 0.500. The monoisotopic (exact) mass is 386 g/mol. The van der Waals surface area contributed by atoms with Crippen molar-refractivity contribution in [2.75, 3.05) is 5.88 Å². The maximum Gasteiger partial charge on any atom is 0.416 e. The van der Waals surface area contributed by atoms with Crippen LogP contribution in [0, 0.1) is 0 Å². The van der Waals surface area contributed by atoms with Crippen LogP contribution in [0.4, 0.5) is 13.2 Å². The summed E-state index contributed by atoms with van der Waals surface area (Å²) in [6.45, 7) is 8.16. The molecule has 0 aliphatic heterocycles. The molecule has 0 aliphatic rings. The number of allylic oxidation sites excluding steroid dienone is 2. The van der Waals surface area contributed by atoms with Gasteiger partial charge in [0.1, 0.15) is 0 Å². The summed E-state index contributed by atoms with van der Waals surface area (Å²) in [7, 11) is 0.309. The first-order valence-corrected chi connectivity index (χ1v) is 10.4. The highest BCUT2D eigenvalue weighted by Gasteiger charge is 2.30. The van der Waals surface area contributed by atoms with Crippen molar-refractivity contribution in [2.24, 2.45) is 0 Å². The van der Waals surface area contributed by atoms with Crippen molar-refractivity contribution >= 4 is 26.3 Å². The molecule has 2 radical (unpaired) electrons. The van der Waals surface area contributed by atoms with Crippen LogP contribution in [0.3, 0.4) is 0 Å². The van der Waals surface area contributed by atoms with Crippen molar-refractivity contribution in [1.29, 1.82) is 0 Å². The Morgan fingerprint density at radius 2 is 1.68 bits per heavy atom. The molecule has 0 nitrogen and oxygen atoms in total. The lowest BCUT2D eigenvalue weighted by Crippen LogP contribution is -2.17. The molecule has 0 aliphatic carbocycles. The molecule has 0 heterocycles. The molecule has 5 heteroatoms. The first-order chi connectivity index (χ1) is 11.8. The molecule has 0 bridgehead atoms. The Hall–Kier alpha value is -1.00. The molecular formula is C20H26ClF3Si. The Morgan fingerprint density at radius 3 is 2.36 bits per heavy atom. The molecule has 1 aromatic carbocycles. The molecular weight excluding hydrogens is 361 g/mol. The minimum absolute atomic E-state index is 0.309. The molecule has 25 heavy (non-hydrogen) atoms. The average molecular weight is 387 g/mol. The highest BCUT2D eigenvalue weighted by Crippen LogP contribution is 2.28. The van der Waals surface area contributed by atoms with Crippen LogP contribution in [-0.2, 0) is 6.18 Å². The summed E-state index contributed by atoms with van der Waals surface area (Å²) in [5.41, 5.74) is 1.63. The van der Waals surface area contributed by atoms with Crippen LogP contribution in [0.25, 0.3) is 0 Å². The van der Waals surface area contributed by atoms with Crippen molar-refractivity contribution in [3.63, 3.8) is 0 Å². The Kier molecular flexibility index (Phi) is 10.2. The molecule has 0 spiro atoms. The number of hydrogen-bond donors (Lipinski definition) is 0. The predicted molar refractivity (Wildman–Crippen MR) is 103 cm³/mol. The third-order valence-electron chi connectivity index (χ3n) is 3.90. The molecule has 0 unspecified atom stereocenters. The van der Waals surface area contributed by atoms with Crippen LogP contribution in [-0.4, -0.2) is 15.4 Å². The van der Waals surface area contributed by atoms with Crippen LogP contribution in [0.2, 0.25) is 6.04 Å². The molecule has 1 aromatic rings. The van der Waals surface area contributed by atoms with E-state index in [0.29, 0.717) is 9.52 Å². The third-order valence-corrected chi connectivity index (χ3v) is 5.56. The Bertz CT molecular complexity index is 552. The van der Waals surface area contributed by atoms with Gasteiger partial charge in [0.25, 0.3) is 0 Å². The summed E-state index contributed by atoms with van der Waals surface area (Å²) in [5, 5.41) is 0.723. The lowest BCUT2D eigenvalue weighted by atomic mass is 10.0. The summed E-state index contributed by atoms with van der Waals surface area (Å²) in [6.07, 6.45) is 3.27. The minimum atomic E-state index is -4.28. The van der Waals surface area contributed by atoms with E-state index in [9.17, 15) is 13.2 Å². The zero-order chi connectivity index (χ0) is 18.7. The average Bonchev–Trinajstić information content (AvgIpc) is 2.55. The van der Waals surface area contributed by atoms with E-state index in [1.54, 1.807) is 6.07 Å². The number of alkyl halides is 4. The van der Waals surface area contributed by atoms with Gasteiger partial charge in [-0.1, -0.05) is 73.0 Å². The highest BCUT2D eigenvalue weighted by atomic mass is 35.5. The van der Waals surface area contributed by atoms with Crippen molar-refractivity contribution in [3.8, 4) is 0 Å². The maximum atomic E-state index is 12.7. The SMILES string of the molecule is C=C(CCCCCCCCl)CC(=C)C[Si]c1cccc(C(F)(F)F)c1. The lowest BCUT2D eigenvalue weighted by Gasteiger charge is -2.10. The van der Waals surface area contributed by atoms with Crippen LogP contribution >= 0.6 is 11.6 Å². The van der Waals surface area contributed by atoms with E-state index in [-0.39, 0.29) is 0 Å². The second-order valence-electron chi connectivity index (χ2n) is 6.32. The number of halogens is 4. The Labute approximate surface area is 157 Å². The summed E-state index contributed by atoms with van der Waals surface area (Å²) in [6, 6.07) is 6.28. The van der Waals surface area contributed by atoms with E-state index in [1.807, 2.05) is 0 Å². The van der Waals surface area contributed by atoms with Crippen molar-refractivity contribution < 1.29 is 13.2 Å². The quantitative estimate of drug-likeness (QED) is 0.166.